The van der Waals surface area contributed by atoms with Crippen molar-refractivity contribution < 1.29 is 4.79 Å². The van der Waals surface area contributed by atoms with Crippen LogP contribution in [0.3, 0.4) is 0 Å². The molecule has 5 nitrogen and oxygen atoms in total. The molecule has 2 N–H and O–H groups in total. The molecular weight excluding hydrogens is 344 g/mol. The minimum Gasteiger partial charge on any atom is -0.337 e. The van der Waals surface area contributed by atoms with Crippen molar-refractivity contribution in [2.24, 2.45) is 0 Å². The first-order valence-electron chi connectivity index (χ1n) is 7.37. The Labute approximate surface area is 148 Å². The van der Waals surface area contributed by atoms with Crippen molar-refractivity contribution in [3.63, 3.8) is 0 Å². The van der Waals surface area contributed by atoms with Crippen LogP contribution < -0.4 is 10.6 Å². The van der Waals surface area contributed by atoms with Gasteiger partial charge in [0.2, 0.25) is 0 Å². The Morgan fingerprint density at radius 1 is 1.17 bits per heavy atom. The van der Waals surface area contributed by atoms with Crippen molar-refractivity contribution in [3.05, 3.63) is 64.1 Å². The van der Waals surface area contributed by atoms with Gasteiger partial charge in [-0.3, -0.25) is 4.98 Å². The van der Waals surface area contributed by atoms with Crippen molar-refractivity contribution in [1.82, 2.24) is 15.3 Å². The van der Waals surface area contributed by atoms with Crippen LogP contribution >= 0.6 is 22.9 Å². The highest BCUT2D eigenvalue weighted by Crippen LogP contribution is 2.19. The summed E-state index contributed by atoms with van der Waals surface area (Å²) in [7, 11) is 0. The number of anilines is 1. The number of aromatic nitrogens is 2. The van der Waals surface area contributed by atoms with Gasteiger partial charge in [0.1, 0.15) is 0 Å². The van der Waals surface area contributed by atoms with E-state index in [0.29, 0.717) is 23.7 Å². The second-order valence-electron chi connectivity index (χ2n) is 4.98. The number of benzene rings is 1. The predicted molar refractivity (Wildman–Crippen MR) is 97.5 cm³/mol. The third-order valence-electron chi connectivity index (χ3n) is 3.19. The lowest BCUT2D eigenvalue weighted by Gasteiger charge is -2.07. The van der Waals surface area contributed by atoms with Crippen molar-refractivity contribution in [2.75, 3.05) is 11.9 Å². The number of thiazole rings is 1. The van der Waals surface area contributed by atoms with Crippen LogP contribution in [0.5, 0.6) is 0 Å². The van der Waals surface area contributed by atoms with E-state index in [1.807, 2.05) is 23.6 Å². The average molecular weight is 359 g/mol. The monoisotopic (exact) mass is 358 g/mol. The number of carbonyl (C=O) groups excluding carboxylic acids is 1. The molecule has 0 saturated heterocycles. The first-order chi connectivity index (χ1) is 11.7. The Bertz CT molecular complexity index is 822. The molecule has 3 aromatic rings. The Kier molecular flexibility index (Phi) is 5.40. The molecule has 0 aliphatic rings. The maximum Gasteiger partial charge on any atom is 0.319 e. The van der Waals surface area contributed by atoms with E-state index in [1.54, 1.807) is 41.8 Å². The van der Waals surface area contributed by atoms with Gasteiger partial charge in [0.15, 0.2) is 0 Å². The molecule has 0 atom stereocenters. The topological polar surface area (TPSA) is 66.9 Å². The number of urea groups is 1. The first-order valence-corrected chi connectivity index (χ1v) is 8.63. The molecule has 7 heteroatoms. The van der Waals surface area contributed by atoms with Gasteiger partial charge < -0.3 is 10.6 Å². The van der Waals surface area contributed by atoms with Crippen molar-refractivity contribution in [3.8, 4) is 11.4 Å². The molecule has 3 rings (SSSR count). The predicted octanol–water partition coefficient (Wildman–Crippen LogP) is 4.22. The summed E-state index contributed by atoms with van der Waals surface area (Å²) in [6.45, 7) is 0.502. The van der Waals surface area contributed by atoms with Gasteiger partial charge in [0.25, 0.3) is 0 Å². The largest absolute Gasteiger partial charge is 0.337 e. The second kappa shape index (κ2) is 7.90. The number of hydrogen-bond acceptors (Lipinski definition) is 4. The lowest BCUT2D eigenvalue weighted by Crippen LogP contribution is -2.30. The smallest absolute Gasteiger partial charge is 0.319 e. The summed E-state index contributed by atoms with van der Waals surface area (Å²) in [6.07, 6.45) is 2.41. The van der Waals surface area contributed by atoms with E-state index < -0.39 is 0 Å². The zero-order valence-electron chi connectivity index (χ0n) is 12.7. The molecule has 0 aliphatic carbocycles. The highest BCUT2D eigenvalue weighted by molar-refractivity contribution is 7.09. The normalized spacial score (nSPS) is 10.4. The third-order valence-corrected chi connectivity index (χ3v) is 4.33. The minimum atomic E-state index is -0.265. The van der Waals surface area contributed by atoms with Gasteiger partial charge in [-0.25, -0.2) is 9.78 Å². The van der Waals surface area contributed by atoms with Crippen LogP contribution in [0.4, 0.5) is 10.5 Å². The van der Waals surface area contributed by atoms with Gasteiger partial charge in [0, 0.05) is 35.3 Å². The van der Waals surface area contributed by atoms with Crippen molar-refractivity contribution >= 4 is 34.7 Å². The number of amides is 2. The van der Waals surface area contributed by atoms with Crippen LogP contribution in [0.1, 0.15) is 5.01 Å². The summed E-state index contributed by atoms with van der Waals surface area (Å²) in [5.41, 5.74) is 2.37. The molecular formula is C17H15ClN4OS. The molecule has 122 valence electrons. The Balaban J connectivity index is 1.48. The van der Waals surface area contributed by atoms with Gasteiger partial charge in [-0.05, 0) is 30.3 Å². The van der Waals surface area contributed by atoms with E-state index in [0.717, 1.165) is 16.4 Å². The van der Waals surface area contributed by atoms with Crippen LogP contribution in [-0.4, -0.2) is 22.5 Å². The Morgan fingerprint density at radius 3 is 2.88 bits per heavy atom. The number of pyridine rings is 1. The SMILES string of the molecule is O=C(NCCc1nc(-c2ccccn2)cs1)Nc1cccc(Cl)c1. The standard InChI is InChI=1S/C17H15ClN4OS/c18-12-4-3-5-13(10-12)21-17(23)20-9-7-16-22-15(11-24-16)14-6-1-2-8-19-14/h1-6,8,10-11H,7,9H2,(H2,20,21,23). The number of halogens is 1. The van der Waals surface area contributed by atoms with Gasteiger partial charge >= 0.3 is 6.03 Å². The number of nitrogens with zero attached hydrogens (tertiary/aromatic N) is 2. The Morgan fingerprint density at radius 2 is 2.08 bits per heavy atom. The summed E-state index contributed by atoms with van der Waals surface area (Å²) in [6, 6.07) is 12.5. The zero-order valence-corrected chi connectivity index (χ0v) is 14.3. The summed E-state index contributed by atoms with van der Waals surface area (Å²) in [4.78, 5) is 20.7. The Hall–Kier alpha value is -2.44. The lowest BCUT2D eigenvalue weighted by molar-refractivity contribution is 0.252. The van der Waals surface area contributed by atoms with Crippen molar-refractivity contribution in [1.29, 1.82) is 0 Å². The molecule has 0 fully saturated rings. The molecule has 0 aliphatic heterocycles. The lowest BCUT2D eigenvalue weighted by atomic mass is 10.3. The minimum absolute atomic E-state index is 0.265. The first kappa shape index (κ1) is 16.4. The van der Waals surface area contributed by atoms with Gasteiger partial charge in [-0.1, -0.05) is 23.7 Å². The molecule has 0 saturated carbocycles. The quantitative estimate of drug-likeness (QED) is 0.717. The van der Waals surface area contributed by atoms with E-state index in [4.69, 9.17) is 11.6 Å². The highest BCUT2D eigenvalue weighted by Gasteiger charge is 2.06. The molecule has 0 unspecified atom stereocenters. The maximum atomic E-state index is 11.8. The second-order valence-corrected chi connectivity index (χ2v) is 6.36. The van der Waals surface area contributed by atoms with E-state index in [9.17, 15) is 4.79 Å². The van der Waals surface area contributed by atoms with Crippen LogP contribution in [-0.2, 0) is 6.42 Å². The van der Waals surface area contributed by atoms with E-state index >= 15 is 0 Å². The molecule has 1 aromatic carbocycles. The van der Waals surface area contributed by atoms with Gasteiger partial charge in [-0.2, -0.15) is 0 Å². The fourth-order valence-electron chi connectivity index (χ4n) is 2.08. The maximum absolute atomic E-state index is 11.8. The van der Waals surface area contributed by atoms with Gasteiger partial charge in [-0.15, -0.1) is 11.3 Å². The van der Waals surface area contributed by atoms with Crippen LogP contribution in [0.15, 0.2) is 54.0 Å². The third kappa shape index (κ3) is 4.53. The fourth-order valence-corrected chi connectivity index (χ4v) is 3.06. The number of nitrogens with one attached hydrogen (secondary N) is 2. The van der Waals surface area contributed by atoms with E-state index in [-0.39, 0.29) is 6.03 Å². The number of rotatable bonds is 5. The molecule has 2 aromatic heterocycles. The van der Waals surface area contributed by atoms with Gasteiger partial charge in [0.05, 0.1) is 16.4 Å². The number of carbonyl (C=O) groups is 1. The van der Waals surface area contributed by atoms with Crippen LogP contribution in [0.25, 0.3) is 11.4 Å². The van der Waals surface area contributed by atoms with E-state index in [1.165, 1.54) is 0 Å². The van der Waals surface area contributed by atoms with Crippen molar-refractivity contribution in [2.45, 2.75) is 6.42 Å². The molecule has 0 radical (unpaired) electrons. The fraction of sp³-hybridized carbons (Fsp3) is 0.118. The molecule has 2 heterocycles. The summed E-state index contributed by atoms with van der Waals surface area (Å²) >= 11 is 7.44. The summed E-state index contributed by atoms with van der Waals surface area (Å²) in [5, 5.41) is 9.06. The highest BCUT2D eigenvalue weighted by atomic mass is 35.5. The summed E-state index contributed by atoms with van der Waals surface area (Å²) < 4.78 is 0. The summed E-state index contributed by atoms with van der Waals surface area (Å²) in [5.74, 6) is 0. The molecule has 24 heavy (non-hydrogen) atoms. The number of hydrogen-bond donors (Lipinski definition) is 2. The zero-order chi connectivity index (χ0) is 16.8. The molecule has 2 amide bonds. The van der Waals surface area contributed by atoms with Crippen LogP contribution in [0, 0.1) is 0 Å². The average Bonchev–Trinajstić information content (AvgIpc) is 3.04. The molecule has 0 bridgehead atoms. The molecule has 0 spiro atoms. The van der Waals surface area contributed by atoms with Crippen LogP contribution in [0.2, 0.25) is 5.02 Å². The van der Waals surface area contributed by atoms with E-state index in [2.05, 4.69) is 20.6 Å².